The predicted octanol–water partition coefficient (Wildman–Crippen LogP) is 3.82. The average molecular weight is 242 g/mol. The van der Waals surface area contributed by atoms with Crippen molar-refractivity contribution in [2.75, 3.05) is 11.4 Å². The Bertz CT molecular complexity index is 462. The summed E-state index contributed by atoms with van der Waals surface area (Å²) in [7, 11) is 0. The van der Waals surface area contributed by atoms with Gasteiger partial charge in [-0.2, -0.15) is 5.26 Å². The number of piperidine rings is 1. The molecule has 0 amide bonds. The van der Waals surface area contributed by atoms with Crippen LogP contribution in [-0.2, 0) is 0 Å². The first-order chi connectivity index (χ1) is 8.45. The van der Waals surface area contributed by atoms with E-state index in [-0.39, 0.29) is 11.5 Å². The van der Waals surface area contributed by atoms with E-state index < -0.39 is 0 Å². The van der Waals surface area contributed by atoms with Crippen LogP contribution in [0.3, 0.4) is 0 Å². The molecule has 1 atom stereocenters. The number of hydrogen-bond acceptors (Lipinski definition) is 2. The largest absolute Gasteiger partial charge is 0.365 e. The Kier molecular flexibility index (Phi) is 3.34. The molecule has 1 heterocycles. The second-order valence-corrected chi connectivity index (χ2v) is 6.03. The summed E-state index contributed by atoms with van der Waals surface area (Å²) in [5.74, 6) is 0.164. The van der Waals surface area contributed by atoms with Gasteiger partial charge in [0.05, 0.1) is 12.0 Å². The summed E-state index contributed by atoms with van der Waals surface area (Å²) in [5, 5.41) is 9.19. The van der Waals surface area contributed by atoms with Gasteiger partial charge in [-0.1, -0.05) is 18.2 Å². The van der Waals surface area contributed by atoms with Gasteiger partial charge in [0, 0.05) is 17.8 Å². The lowest BCUT2D eigenvalue weighted by molar-refractivity contribution is 0.325. The van der Waals surface area contributed by atoms with Crippen LogP contribution in [0.5, 0.6) is 0 Å². The van der Waals surface area contributed by atoms with Crippen LogP contribution in [0, 0.1) is 31.1 Å². The van der Waals surface area contributed by atoms with E-state index >= 15 is 0 Å². The molecule has 1 aromatic rings. The van der Waals surface area contributed by atoms with Gasteiger partial charge >= 0.3 is 0 Å². The number of anilines is 1. The third-order valence-corrected chi connectivity index (χ3v) is 4.13. The van der Waals surface area contributed by atoms with Crippen LogP contribution < -0.4 is 4.90 Å². The summed E-state index contributed by atoms with van der Waals surface area (Å²) >= 11 is 0. The minimum Gasteiger partial charge on any atom is -0.365 e. The molecule has 1 aromatic carbocycles. The Morgan fingerprint density at radius 3 is 2.44 bits per heavy atom. The van der Waals surface area contributed by atoms with Gasteiger partial charge in [0.25, 0.3) is 0 Å². The molecule has 1 saturated heterocycles. The van der Waals surface area contributed by atoms with Crippen LogP contribution in [-0.4, -0.2) is 12.1 Å². The van der Waals surface area contributed by atoms with Gasteiger partial charge in [-0.05, 0) is 51.7 Å². The van der Waals surface area contributed by atoms with Crippen molar-refractivity contribution < 1.29 is 0 Å². The maximum absolute atomic E-state index is 9.19. The molecule has 0 aliphatic carbocycles. The van der Waals surface area contributed by atoms with Crippen LogP contribution in [0.2, 0.25) is 0 Å². The Balaban J connectivity index is 2.43. The number of para-hydroxylation sites is 1. The highest BCUT2D eigenvalue weighted by Crippen LogP contribution is 2.37. The van der Waals surface area contributed by atoms with Gasteiger partial charge in [0.15, 0.2) is 0 Å². The van der Waals surface area contributed by atoms with Gasteiger partial charge in [-0.15, -0.1) is 0 Å². The van der Waals surface area contributed by atoms with E-state index in [4.69, 9.17) is 0 Å². The Labute approximate surface area is 110 Å². The highest BCUT2D eigenvalue weighted by Gasteiger charge is 2.35. The molecular weight excluding hydrogens is 220 g/mol. The van der Waals surface area contributed by atoms with Gasteiger partial charge in [0.2, 0.25) is 0 Å². The second-order valence-electron chi connectivity index (χ2n) is 6.03. The summed E-state index contributed by atoms with van der Waals surface area (Å²) in [5.41, 5.74) is 4.08. The van der Waals surface area contributed by atoms with Gasteiger partial charge in [-0.25, -0.2) is 0 Å². The number of benzene rings is 1. The van der Waals surface area contributed by atoms with E-state index in [1.807, 2.05) is 0 Å². The summed E-state index contributed by atoms with van der Waals surface area (Å²) in [6.45, 7) is 9.75. The van der Waals surface area contributed by atoms with E-state index in [9.17, 15) is 5.26 Å². The predicted molar refractivity (Wildman–Crippen MR) is 75.7 cm³/mol. The third-order valence-electron chi connectivity index (χ3n) is 4.13. The molecule has 1 unspecified atom stereocenters. The van der Waals surface area contributed by atoms with E-state index in [0.29, 0.717) is 0 Å². The molecule has 0 saturated carbocycles. The number of hydrogen-bond donors (Lipinski definition) is 0. The van der Waals surface area contributed by atoms with Crippen LogP contribution >= 0.6 is 0 Å². The van der Waals surface area contributed by atoms with Gasteiger partial charge in [-0.3, -0.25) is 0 Å². The molecular formula is C16H22N2. The average Bonchev–Trinajstić information content (AvgIpc) is 2.31. The number of rotatable bonds is 1. The van der Waals surface area contributed by atoms with Crippen molar-refractivity contribution in [3.63, 3.8) is 0 Å². The Hall–Kier alpha value is -1.49. The van der Waals surface area contributed by atoms with E-state index in [0.717, 1.165) is 19.4 Å². The molecule has 1 aliphatic heterocycles. The maximum Gasteiger partial charge on any atom is 0.0674 e. The Morgan fingerprint density at radius 2 is 1.89 bits per heavy atom. The minimum atomic E-state index is 0.143. The zero-order chi connectivity index (χ0) is 13.3. The van der Waals surface area contributed by atoms with E-state index in [1.54, 1.807) is 0 Å². The van der Waals surface area contributed by atoms with Gasteiger partial charge in [0.1, 0.15) is 0 Å². The topological polar surface area (TPSA) is 27.0 Å². The normalized spacial score (nSPS) is 22.6. The smallest absolute Gasteiger partial charge is 0.0674 e. The molecule has 0 N–H and O–H groups in total. The highest BCUT2D eigenvalue weighted by molar-refractivity contribution is 5.61. The number of nitriles is 1. The zero-order valence-corrected chi connectivity index (χ0v) is 11.8. The van der Waals surface area contributed by atoms with E-state index in [1.165, 1.54) is 16.8 Å². The molecule has 96 valence electrons. The van der Waals surface area contributed by atoms with Gasteiger partial charge < -0.3 is 4.90 Å². The first-order valence-corrected chi connectivity index (χ1v) is 6.69. The molecule has 0 spiro atoms. The van der Waals surface area contributed by atoms with Crippen LogP contribution in [0.25, 0.3) is 0 Å². The second kappa shape index (κ2) is 4.65. The maximum atomic E-state index is 9.19. The molecule has 0 aromatic heterocycles. The molecule has 1 fully saturated rings. The molecule has 0 bridgehead atoms. The highest BCUT2D eigenvalue weighted by atomic mass is 15.2. The van der Waals surface area contributed by atoms with Crippen LogP contribution in [0.15, 0.2) is 18.2 Å². The monoisotopic (exact) mass is 242 g/mol. The van der Waals surface area contributed by atoms with Crippen molar-refractivity contribution >= 4 is 5.69 Å². The van der Waals surface area contributed by atoms with Crippen LogP contribution in [0.4, 0.5) is 5.69 Å². The van der Waals surface area contributed by atoms with Crippen molar-refractivity contribution in [2.45, 2.75) is 46.1 Å². The molecule has 0 radical (unpaired) electrons. The minimum absolute atomic E-state index is 0.143. The summed E-state index contributed by atoms with van der Waals surface area (Å²) in [6.07, 6.45) is 2.10. The molecule has 2 rings (SSSR count). The lowest BCUT2D eigenvalue weighted by Gasteiger charge is -2.47. The fourth-order valence-corrected chi connectivity index (χ4v) is 2.95. The quantitative estimate of drug-likeness (QED) is 0.748. The van der Waals surface area contributed by atoms with Crippen LogP contribution in [0.1, 0.15) is 37.8 Å². The SMILES string of the molecule is Cc1cccc(C)c1N1CC(C#N)CCC1(C)C. The molecule has 18 heavy (non-hydrogen) atoms. The molecule has 1 aliphatic rings. The number of nitrogens with zero attached hydrogens (tertiary/aromatic N) is 2. The fraction of sp³-hybridized carbons (Fsp3) is 0.562. The zero-order valence-electron chi connectivity index (χ0n) is 11.8. The summed E-state index contributed by atoms with van der Waals surface area (Å²) in [6, 6.07) is 8.86. The fourth-order valence-electron chi connectivity index (χ4n) is 2.95. The van der Waals surface area contributed by atoms with Crippen molar-refractivity contribution in [2.24, 2.45) is 5.92 Å². The summed E-state index contributed by atoms with van der Waals surface area (Å²) in [4.78, 5) is 2.44. The van der Waals surface area contributed by atoms with E-state index in [2.05, 4.69) is 56.9 Å². The van der Waals surface area contributed by atoms with Crippen molar-refractivity contribution in [3.05, 3.63) is 29.3 Å². The standard InChI is InChI=1S/C16H22N2/c1-12-6-5-7-13(2)15(12)18-11-14(10-17)8-9-16(18,3)4/h5-7,14H,8-9,11H2,1-4H3. The van der Waals surface area contributed by atoms with Crippen molar-refractivity contribution in [1.82, 2.24) is 0 Å². The molecule has 2 nitrogen and oxygen atoms in total. The first kappa shape index (κ1) is 13.0. The lowest BCUT2D eigenvalue weighted by Crippen LogP contribution is -2.51. The third kappa shape index (κ3) is 2.22. The number of aryl methyl sites for hydroxylation is 2. The first-order valence-electron chi connectivity index (χ1n) is 6.69. The molecule has 2 heteroatoms. The lowest BCUT2D eigenvalue weighted by atomic mass is 9.84. The van der Waals surface area contributed by atoms with Crippen molar-refractivity contribution in [3.8, 4) is 6.07 Å². The van der Waals surface area contributed by atoms with Crippen molar-refractivity contribution in [1.29, 1.82) is 5.26 Å². The Morgan fingerprint density at radius 1 is 1.28 bits per heavy atom. The summed E-state index contributed by atoms with van der Waals surface area (Å²) < 4.78 is 0.